The lowest BCUT2D eigenvalue weighted by Gasteiger charge is -2.07. The number of nitrogens with zero attached hydrogens (tertiary/aromatic N) is 1. The number of benzene rings is 1. The quantitative estimate of drug-likeness (QED) is 0.483. The van der Waals surface area contributed by atoms with E-state index in [1.54, 1.807) is 33.1 Å². The van der Waals surface area contributed by atoms with Gasteiger partial charge >= 0.3 is 5.97 Å². The van der Waals surface area contributed by atoms with Crippen LogP contribution in [0.25, 0.3) is 0 Å². The number of carbonyl (C=O) groups is 1. The Morgan fingerprint density at radius 1 is 1.41 bits per heavy atom. The first-order chi connectivity index (χ1) is 8.19. The smallest absolute Gasteiger partial charge is 0.354 e. The summed E-state index contributed by atoms with van der Waals surface area (Å²) in [7, 11) is 1.57. The zero-order chi connectivity index (χ0) is 12.7. The van der Waals surface area contributed by atoms with Crippen LogP contribution in [0.5, 0.6) is 5.75 Å². The van der Waals surface area contributed by atoms with Crippen LogP contribution >= 0.6 is 0 Å². The molecule has 1 aromatic carbocycles. The summed E-state index contributed by atoms with van der Waals surface area (Å²) in [6, 6.07) is 7.31. The van der Waals surface area contributed by atoms with Gasteiger partial charge in [0.1, 0.15) is 11.5 Å². The molecule has 17 heavy (non-hydrogen) atoms. The van der Waals surface area contributed by atoms with Crippen molar-refractivity contribution in [2.45, 2.75) is 13.8 Å². The number of methoxy groups -OCH3 is 1. The molecule has 0 aliphatic carbocycles. The summed E-state index contributed by atoms with van der Waals surface area (Å²) in [5.41, 5.74) is 3.72. The monoisotopic (exact) mass is 236 g/mol. The Bertz CT molecular complexity index is 416. The van der Waals surface area contributed by atoms with Crippen LogP contribution in [-0.2, 0) is 9.53 Å². The van der Waals surface area contributed by atoms with Crippen LogP contribution in [0.3, 0.4) is 0 Å². The standard InChI is InChI=1S/C12H16N2O3/c1-4-17-12(15)9(2)13-14-10-7-5-6-8-11(10)16-3/h5-8,14H,4H2,1-3H3/b13-9+. The first kappa shape index (κ1) is 13.0. The van der Waals surface area contributed by atoms with Crippen molar-refractivity contribution in [1.29, 1.82) is 0 Å². The van der Waals surface area contributed by atoms with Crippen LogP contribution in [0.1, 0.15) is 13.8 Å². The van der Waals surface area contributed by atoms with Crippen molar-refractivity contribution in [2.24, 2.45) is 5.10 Å². The molecule has 92 valence electrons. The molecule has 0 aliphatic rings. The number of nitrogens with one attached hydrogen (secondary N) is 1. The maximum atomic E-state index is 11.3. The van der Waals surface area contributed by atoms with Gasteiger partial charge in [-0.3, -0.25) is 5.43 Å². The summed E-state index contributed by atoms with van der Waals surface area (Å²) in [6.45, 7) is 3.67. The number of hydrogen-bond acceptors (Lipinski definition) is 5. The van der Waals surface area contributed by atoms with E-state index in [4.69, 9.17) is 9.47 Å². The van der Waals surface area contributed by atoms with Gasteiger partial charge in [-0.15, -0.1) is 0 Å². The molecule has 1 rings (SSSR count). The lowest BCUT2D eigenvalue weighted by atomic mass is 10.3. The number of rotatable bonds is 5. The molecule has 1 aromatic rings. The second-order valence-corrected chi connectivity index (χ2v) is 3.23. The molecule has 0 bridgehead atoms. The van der Waals surface area contributed by atoms with E-state index >= 15 is 0 Å². The molecule has 0 atom stereocenters. The first-order valence-corrected chi connectivity index (χ1v) is 5.29. The molecule has 5 heteroatoms. The summed E-state index contributed by atoms with van der Waals surface area (Å²) in [5.74, 6) is 0.225. The summed E-state index contributed by atoms with van der Waals surface area (Å²) in [4.78, 5) is 11.3. The van der Waals surface area contributed by atoms with Crippen LogP contribution in [0.2, 0.25) is 0 Å². The van der Waals surface area contributed by atoms with Gasteiger partial charge in [0.2, 0.25) is 0 Å². The Morgan fingerprint density at radius 3 is 2.76 bits per heavy atom. The Hall–Kier alpha value is -2.04. The first-order valence-electron chi connectivity index (χ1n) is 5.29. The van der Waals surface area contributed by atoms with Crippen LogP contribution in [-0.4, -0.2) is 25.4 Å². The number of para-hydroxylation sites is 2. The Kier molecular flexibility index (Phi) is 5.00. The third kappa shape index (κ3) is 3.79. The van der Waals surface area contributed by atoms with E-state index in [2.05, 4.69) is 10.5 Å². The normalized spacial score (nSPS) is 10.9. The van der Waals surface area contributed by atoms with Gasteiger partial charge < -0.3 is 9.47 Å². The second-order valence-electron chi connectivity index (χ2n) is 3.23. The lowest BCUT2D eigenvalue weighted by molar-refractivity contribution is -0.135. The lowest BCUT2D eigenvalue weighted by Crippen LogP contribution is -2.15. The van der Waals surface area contributed by atoms with Crippen molar-refractivity contribution in [3.8, 4) is 5.75 Å². The molecule has 0 unspecified atom stereocenters. The van der Waals surface area contributed by atoms with Crippen LogP contribution in [0, 0.1) is 0 Å². The minimum Gasteiger partial charge on any atom is -0.495 e. The summed E-state index contributed by atoms with van der Waals surface area (Å²) < 4.78 is 9.95. The second kappa shape index (κ2) is 6.52. The molecule has 0 aromatic heterocycles. The van der Waals surface area contributed by atoms with Crippen molar-refractivity contribution >= 4 is 17.4 Å². The van der Waals surface area contributed by atoms with E-state index in [0.717, 1.165) is 0 Å². The molecular formula is C12H16N2O3. The van der Waals surface area contributed by atoms with Gasteiger partial charge in [-0.2, -0.15) is 5.10 Å². The molecule has 0 heterocycles. The summed E-state index contributed by atoms with van der Waals surface area (Å²) in [5, 5.41) is 3.93. The third-order valence-electron chi connectivity index (χ3n) is 2.02. The maximum absolute atomic E-state index is 11.3. The fourth-order valence-corrected chi connectivity index (χ4v) is 1.16. The fraction of sp³-hybridized carbons (Fsp3) is 0.333. The van der Waals surface area contributed by atoms with E-state index in [9.17, 15) is 4.79 Å². The number of ether oxygens (including phenoxy) is 2. The highest BCUT2D eigenvalue weighted by Gasteiger charge is 2.06. The third-order valence-corrected chi connectivity index (χ3v) is 2.02. The van der Waals surface area contributed by atoms with Crippen molar-refractivity contribution in [2.75, 3.05) is 19.1 Å². The zero-order valence-corrected chi connectivity index (χ0v) is 10.2. The number of hydrogen-bond donors (Lipinski definition) is 1. The molecule has 0 fully saturated rings. The van der Waals surface area contributed by atoms with Gasteiger partial charge in [-0.1, -0.05) is 12.1 Å². The van der Waals surface area contributed by atoms with Gasteiger partial charge in [0.15, 0.2) is 0 Å². The van der Waals surface area contributed by atoms with Gasteiger partial charge in [-0.05, 0) is 26.0 Å². The highest BCUT2D eigenvalue weighted by Crippen LogP contribution is 2.22. The van der Waals surface area contributed by atoms with E-state index in [0.29, 0.717) is 18.0 Å². The topological polar surface area (TPSA) is 59.9 Å². The molecule has 0 radical (unpaired) electrons. The maximum Gasteiger partial charge on any atom is 0.354 e. The minimum absolute atomic E-state index is 0.262. The van der Waals surface area contributed by atoms with Gasteiger partial charge in [0.05, 0.1) is 19.4 Å². The van der Waals surface area contributed by atoms with E-state index in [-0.39, 0.29) is 5.71 Å². The highest BCUT2D eigenvalue weighted by molar-refractivity contribution is 6.35. The van der Waals surface area contributed by atoms with Crippen LogP contribution in [0.15, 0.2) is 29.4 Å². The highest BCUT2D eigenvalue weighted by atomic mass is 16.5. The fourth-order valence-electron chi connectivity index (χ4n) is 1.16. The van der Waals surface area contributed by atoms with Gasteiger partial charge in [0.25, 0.3) is 0 Å². The van der Waals surface area contributed by atoms with E-state index in [1.165, 1.54) is 0 Å². The summed E-state index contributed by atoms with van der Waals surface area (Å²) in [6.07, 6.45) is 0. The number of esters is 1. The van der Waals surface area contributed by atoms with Gasteiger partial charge in [-0.25, -0.2) is 4.79 Å². The molecule has 5 nitrogen and oxygen atoms in total. The van der Waals surface area contributed by atoms with Crippen molar-refractivity contribution in [3.05, 3.63) is 24.3 Å². The Morgan fingerprint density at radius 2 is 2.12 bits per heavy atom. The SMILES string of the molecule is CCOC(=O)/C(C)=N/Nc1ccccc1OC. The van der Waals surface area contributed by atoms with Crippen LogP contribution < -0.4 is 10.2 Å². The van der Waals surface area contributed by atoms with E-state index < -0.39 is 5.97 Å². The molecular weight excluding hydrogens is 220 g/mol. The van der Waals surface area contributed by atoms with Crippen molar-refractivity contribution in [1.82, 2.24) is 0 Å². The largest absolute Gasteiger partial charge is 0.495 e. The predicted octanol–water partition coefficient (Wildman–Crippen LogP) is 2.05. The van der Waals surface area contributed by atoms with E-state index in [1.807, 2.05) is 12.1 Å². The van der Waals surface area contributed by atoms with Crippen LogP contribution in [0.4, 0.5) is 5.69 Å². The number of hydrazone groups is 1. The molecule has 0 spiro atoms. The molecule has 0 saturated carbocycles. The van der Waals surface area contributed by atoms with Crippen molar-refractivity contribution < 1.29 is 14.3 Å². The molecule has 1 N–H and O–H groups in total. The molecule has 0 saturated heterocycles. The number of anilines is 1. The minimum atomic E-state index is -0.435. The Labute approximate surface area is 100 Å². The van der Waals surface area contributed by atoms with Gasteiger partial charge in [0, 0.05) is 0 Å². The average Bonchev–Trinajstić information content (AvgIpc) is 2.36. The zero-order valence-electron chi connectivity index (χ0n) is 10.2. The molecule has 0 aliphatic heterocycles. The average molecular weight is 236 g/mol. The Balaban J connectivity index is 2.71. The predicted molar refractivity (Wildman–Crippen MR) is 66.4 cm³/mol. The van der Waals surface area contributed by atoms with Crippen molar-refractivity contribution in [3.63, 3.8) is 0 Å². The number of carbonyl (C=O) groups excluding carboxylic acids is 1. The molecule has 0 amide bonds. The summed E-state index contributed by atoms with van der Waals surface area (Å²) >= 11 is 0.